The number of aliphatic hydroxyl groups excluding tert-OH is 1. The molecule has 0 fully saturated rings. The molecule has 0 aliphatic heterocycles. The van der Waals surface area contributed by atoms with Crippen LogP contribution in [0.15, 0.2) is 65.0 Å². The molecule has 1 aliphatic carbocycles. The first-order chi connectivity index (χ1) is 14.4. The molecule has 0 saturated heterocycles. The van der Waals surface area contributed by atoms with Crippen LogP contribution in [0.4, 0.5) is 5.82 Å². The molecule has 0 atom stereocenters. The maximum Gasteiger partial charge on any atom is 0.168 e. The van der Waals surface area contributed by atoms with E-state index in [9.17, 15) is 9.90 Å². The predicted octanol–water partition coefficient (Wildman–Crippen LogP) is 6.16. The smallest absolute Gasteiger partial charge is 0.168 e. The summed E-state index contributed by atoms with van der Waals surface area (Å²) in [6, 6.07) is 16.1. The molecule has 1 aromatic heterocycles. The van der Waals surface area contributed by atoms with Gasteiger partial charge in [-0.25, -0.2) is 4.98 Å². The third kappa shape index (κ3) is 3.80. The van der Waals surface area contributed by atoms with Gasteiger partial charge in [-0.05, 0) is 23.3 Å². The van der Waals surface area contributed by atoms with Crippen LogP contribution in [0.3, 0.4) is 0 Å². The Bertz CT molecular complexity index is 1190. The standard InChI is InChI=1S/C25H27N3O2/c1-4-9-20(23-21(29)14-25(2,3)15-22(23)30)27-28-24-18-12-6-5-10-16(18)17-11-7-8-13-19(17)26-24/h5-8,10-13,29H,4,9,14-15H2,1-3H3,(H,26,28)/b27-20+. The summed E-state index contributed by atoms with van der Waals surface area (Å²) in [6.45, 7) is 6.03. The number of para-hydroxylation sites is 1. The third-order valence-electron chi connectivity index (χ3n) is 5.53. The molecule has 0 amide bonds. The Kier molecular flexibility index (Phi) is 5.29. The number of carbonyl (C=O) groups is 1. The first kappa shape index (κ1) is 20.1. The molecular formula is C25H27N3O2. The number of hydrogen-bond acceptors (Lipinski definition) is 5. The number of benzene rings is 2. The minimum Gasteiger partial charge on any atom is -0.511 e. The average Bonchev–Trinajstić information content (AvgIpc) is 2.70. The van der Waals surface area contributed by atoms with Crippen LogP contribution in [-0.2, 0) is 4.79 Å². The van der Waals surface area contributed by atoms with Crippen molar-refractivity contribution in [2.45, 2.75) is 46.5 Å². The normalized spacial score (nSPS) is 17.0. The molecule has 5 nitrogen and oxygen atoms in total. The molecule has 2 N–H and O–H groups in total. The van der Waals surface area contributed by atoms with Crippen LogP contribution in [-0.4, -0.2) is 21.6 Å². The summed E-state index contributed by atoms with van der Waals surface area (Å²) in [5.41, 5.74) is 4.71. The number of fused-ring (bicyclic) bond motifs is 3. The van der Waals surface area contributed by atoms with E-state index in [4.69, 9.17) is 4.98 Å². The molecule has 1 aliphatic rings. The molecule has 154 valence electrons. The fraction of sp³-hybridized carbons (Fsp3) is 0.320. The van der Waals surface area contributed by atoms with Crippen molar-refractivity contribution in [1.29, 1.82) is 0 Å². The van der Waals surface area contributed by atoms with Crippen LogP contribution >= 0.6 is 0 Å². The van der Waals surface area contributed by atoms with Gasteiger partial charge >= 0.3 is 0 Å². The molecule has 3 aromatic rings. The highest BCUT2D eigenvalue weighted by Crippen LogP contribution is 2.37. The lowest BCUT2D eigenvalue weighted by atomic mass is 9.75. The zero-order valence-electron chi connectivity index (χ0n) is 17.7. The number of ketones is 1. The Morgan fingerprint density at radius 3 is 2.43 bits per heavy atom. The SMILES string of the molecule is CCC/C(=N\Nc1nc2ccccc2c2ccccc12)C1=C(O)CC(C)(C)CC1=O. The fourth-order valence-electron chi connectivity index (χ4n) is 4.20. The number of nitrogens with one attached hydrogen (secondary N) is 1. The number of allylic oxidation sites excluding steroid dienone is 2. The van der Waals surface area contributed by atoms with Crippen LogP contribution in [0.1, 0.15) is 46.5 Å². The van der Waals surface area contributed by atoms with Crippen molar-refractivity contribution in [2.24, 2.45) is 10.5 Å². The first-order valence-corrected chi connectivity index (χ1v) is 10.5. The van der Waals surface area contributed by atoms with Crippen molar-refractivity contribution < 1.29 is 9.90 Å². The van der Waals surface area contributed by atoms with Crippen LogP contribution in [0.5, 0.6) is 0 Å². The number of aromatic nitrogens is 1. The lowest BCUT2D eigenvalue weighted by Gasteiger charge is -2.29. The Morgan fingerprint density at radius 1 is 1.07 bits per heavy atom. The van der Waals surface area contributed by atoms with Gasteiger partial charge in [0.15, 0.2) is 11.6 Å². The largest absolute Gasteiger partial charge is 0.511 e. The molecule has 2 aromatic carbocycles. The second-order valence-corrected chi connectivity index (χ2v) is 8.71. The summed E-state index contributed by atoms with van der Waals surface area (Å²) >= 11 is 0. The van der Waals surface area contributed by atoms with Crippen molar-refractivity contribution in [1.82, 2.24) is 4.98 Å². The second kappa shape index (κ2) is 7.90. The first-order valence-electron chi connectivity index (χ1n) is 10.5. The molecule has 0 bridgehead atoms. The van der Waals surface area contributed by atoms with E-state index in [1.807, 2.05) is 57.2 Å². The molecular weight excluding hydrogens is 374 g/mol. The highest BCUT2D eigenvalue weighted by molar-refractivity contribution is 6.23. The van der Waals surface area contributed by atoms with E-state index in [0.29, 0.717) is 36.4 Å². The van der Waals surface area contributed by atoms with Crippen LogP contribution in [0.2, 0.25) is 0 Å². The van der Waals surface area contributed by atoms with E-state index in [0.717, 1.165) is 28.1 Å². The second-order valence-electron chi connectivity index (χ2n) is 8.71. The lowest BCUT2D eigenvalue weighted by molar-refractivity contribution is -0.117. The minimum atomic E-state index is -0.231. The van der Waals surface area contributed by atoms with Crippen molar-refractivity contribution in [3.05, 3.63) is 59.9 Å². The van der Waals surface area contributed by atoms with Crippen molar-refractivity contribution in [2.75, 3.05) is 5.43 Å². The third-order valence-corrected chi connectivity index (χ3v) is 5.53. The Labute approximate surface area is 176 Å². The van der Waals surface area contributed by atoms with Gasteiger partial charge < -0.3 is 5.11 Å². The number of hydrazone groups is 1. The van der Waals surface area contributed by atoms with Crippen molar-refractivity contribution in [3.8, 4) is 0 Å². The van der Waals surface area contributed by atoms with Crippen molar-refractivity contribution in [3.63, 3.8) is 0 Å². The number of Topliss-reactive ketones (excluding diaryl/α,β-unsaturated/α-hetero) is 1. The van der Waals surface area contributed by atoms with Crippen LogP contribution in [0, 0.1) is 5.41 Å². The number of nitrogens with zero attached hydrogens (tertiary/aromatic N) is 2. The van der Waals surface area contributed by atoms with E-state index in [1.165, 1.54) is 0 Å². The van der Waals surface area contributed by atoms with Gasteiger partial charge in [0.2, 0.25) is 0 Å². The molecule has 0 spiro atoms. The number of carbonyl (C=O) groups excluding carboxylic acids is 1. The van der Waals surface area contributed by atoms with E-state index < -0.39 is 0 Å². The van der Waals surface area contributed by atoms with Crippen molar-refractivity contribution >= 4 is 39.0 Å². The number of aliphatic hydroxyl groups is 1. The highest BCUT2D eigenvalue weighted by atomic mass is 16.3. The number of hydrogen-bond donors (Lipinski definition) is 2. The highest BCUT2D eigenvalue weighted by Gasteiger charge is 2.34. The molecule has 0 saturated carbocycles. The lowest BCUT2D eigenvalue weighted by Crippen LogP contribution is -2.29. The van der Waals surface area contributed by atoms with E-state index in [-0.39, 0.29) is 17.0 Å². The summed E-state index contributed by atoms with van der Waals surface area (Å²) in [6.07, 6.45) is 2.31. The number of rotatable bonds is 5. The topological polar surface area (TPSA) is 74.6 Å². The zero-order valence-corrected chi connectivity index (χ0v) is 17.7. The van der Waals surface area contributed by atoms with Crippen LogP contribution < -0.4 is 5.43 Å². The Balaban J connectivity index is 1.79. The van der Waals surface area contributed by atoms with Gasteiger partial charge in [-0.1, -0.05) is 69.7 Å². The van der Waals surface area contributed by atoms with Gasteiger partial charge in [0, 0.05) is 23.6 Å². The van der Waals surface area contributed by atoms with Gasteiger partial charge in [-0.15, -0.1) is 0 Å². The van der Waals surface area contributed by atoms with E-state index >= 15 is 0 Å². The maximum atomic E-state index is 12.8. The number of anilines is 1. The summed E-state index contributed by atoms with van der Waals surface area (Å²) < 4.78 is 0. The molecule has 5 heteroatoms. The summed E-state index contributed by atoms with van der Waals surface area (Å²) in [7, 11) is 0. The fourth-order valence-corrected chi connectivity index (χ4v) is 4.20. The van der Waals surface area contributed by atoms with Crippen LogP contribution in [0.25, 0.3) is 21.7 Å². The molecule has 1 heterocycles. The zero-order chi connectivity index (χ0) is 21.3. The van der Waals surface area contributed by atoms with Gasteiger partial charge in [-0.2, -0.15) is 5.10 Å². The maximum absolute atomic E-state index is 12.8. The predicted molar refractivity (Wildman–Crippen MR) is 123 cm³/mol. The van der Waals surface area contributed by atoms with Gasteiger partial charge in [0.1, 0.15) is 5.76 Å². The summed E-state index contributed by atoms with van der Waals surface area (Å²) in [4.78, 5) is 17.6. The summed E-state index contributed by atoms with van der Waals surface area (Å²) in [5.74, 6) is 0.734. The molecule has 0 unspecified atom stereocenters. The number of pyridine rings is 1. The summed E-state index contributed by atoms with van der Waals surface area (Å²) in [5, 5.41) is 18.3. The van der Waals surface area contributed by atoms with Gasteiger partial charge in [0.05, 0.1) is 16.8 Å². The molecule has 30 heavy (non-hydrogen) atoms. The minimum absolute atomic E-state index is 0.0471. The Morgan fingerprint density at radius 2 is 1.73 bits per heavy atom. The van der Waals surface area contributed by atoms with E-state index in [1.54, 1.807) is 0 Å². The van der Waals surface area contributed by atoms with Gasteiger partial charge in [0.25, 0.3) is 0 Å². The van der Waals surface area contributed by atoms with Gasteiger partial charge in [-0.3, -0.25) is 10.2 Å². The monoisotopic (exact) mass is 401 g/mol. The van der Waals surface area contributed by atoms with E-state index in [2.05, 4.69) is 22.7 Å². The average molecular weight is 402 g/mol. The molecule has 4 rings (SSSR count). The Hall–Kier alpha value is -3.21. The quantitative estimate of drug-likeness (QED) is 0.305. The molecule has 0 radical (unpaired) electrons.